The van der Waals surface area contributed by atoms with Crippen molar-refractivity contribution in [2.45, 2.75) is 19.8 Å². The van der Waals surface area contributed by atoms with E-state index < -0.39 is 11.4 Å². The minimum absolute atomic E-state index is 0.230. The van der Waals surface area contributed by atoms with Crippen molar-refractivity contribution >= 4 is 11.9 Å². The Morgan fingerprint density at radius 2 is 2.35 bits per heavy atom. The molecular weight excluding hydrogens is 222 g/mol. The third-order valence-electron chi connectivity index (χ3n) is 3.50. The molecule has 1 aliphatic heterocycles. The van der Waals surface area contributed by atoms with Crippen LogP contribution in [0, 0.1) is 5.41 Å². The number of furan rings is 1. The van der Waals surface area contributed by atoms with E-state index in [0.717, 1.165) is 0 Å². The highest BCUT2D eigenvalue weighted by Crippen LogP contribution is 2.34. The van der Waals surface area contributed by atoms with E-state index >= 15 is 0 Å². The second kappa shape index (κ2) is 4.24. The molecule has 2 rings (SSSR count). The van der Waals surface area contributed by atoms with Crippen LogP contribution in [0.5, 0.6) is 0 Å². The molecule has 1 N–H and O–H groups in total. The predicted octanol–water partition coefficient (Wildman–Crippen LogP) is 1.61. The van der Waals surface area contributed by atoms with Gasteiger partial charge in [0.05, 0.1) is 11.7 Å². The Morgan fingerprint density at radius 3 is 2.82 bits per heavy atom. The lowest BCUT2D eigenvalue weighted by Gasteiger charge is -2.22. The van der Waals surface area contributed by atoms with Gasteiger partial charge in [0, 0.05) is 13.1 Å². The molecule has 1 amide bonds. The van der Waals surface area contributed by atoms with Gasteiger partial charge in [-0.2, -0.15) is 0 Å². The van der Waals surface area contributed by atoms with E-state index in [1.165, 1.54) is 6.26 Å². The molecule has 17 heavy (non-hydrogen) atoms. The maximum atomic E-state index is 12.0. The largest absolute Gasteiger partial charge is 0.481 e. The molecule has 1 saturated heterocycles. The topological polar surface area (TPSA) is 70.8 Å². The van der Waals surface area contributed by atoms with Crippen LogP contribution in [-0.2, 0) is 4.79 Å². The van der Waals surface area contributed by atoms with E-state index in [1.54, 1.807) is 17.0 Å². The fourth-order valence-electron chi connectivity index (χ4n) is 2.22. The summed E-state index contributed by atoms with van der Waals surface area (Å²) in [6.45, 7) is 2.58. The molecule has 0 aromatic carbocycles. The van der Waals surface area contributed by atoms with Gasteiger partial charge in [-0.1, -0.05) is 6.92 Å². The monoisotopic (exact) mass is 237 g/mol. The molecule has 2 heterocycles. The summed E-state index contributed by atoms with van der Waals surface area (Å²) in [6, 6.07) is 3.24. The number of amides is 1. The highest BCUT2D eigenvalue weighted by Gasteiger charge is 2.45. The smallest absolute Gasteiger partial charge is 0.311 e. The molecule has 0 bridgehead atoms. The molecule has 1 atom stereocenters. The van der Waals surface area contributed by atoms with Crippen molar-refractivity contribution in [2.75, 3.05) is 13.1 Å². The van der Waals surface area contributed by atoms with Gasteiger partial charge in [-0.25, -0.2) is 0 Å². The van der Waals surface area contributed by atoms with E-state index in [4.69, 9.17) is 4.42 Å². The summed E-state index contributed by atoms with van der Waals surface area (Å²) in [5.74, 6) is -0.788. The Bertz CT molecular complexity index is 426. The quantitative estimate of drug-likeness (QED) is 0.866. The predicted molar refractivity (Wildman–Crippen MR) is 59.6 cm³/mol. The summed E-state index contributed by atoms with van der Waals surface area (Å²) in [5.41, 5.74) is -0.789. The number of nitrogens with zero attached hydrogens (tertiary/aromatic N) is 1. The van der Waals surface area contributed by atoms with Crippen molar-refractivity contribution < 1.29 is 19.1 Å². The lowest BCUT2D eigenvalue weighted by molar-refractivity contribution is -0.148. The molecule has 0 spiro atoms. The van der Waals surface area contributed by atoms with E-state index in [2.05, 4.69) is 0 Å². The molecule has 0 radical (unpaired) electrons. The van der Waals surface area contributed by atoms with E-state index in [1.807, 2.05) is 6.92 Å². The van der Waals surface area contributed by atoms with E-state index in [0.29, 0.717) is 19.4 Å². The summed E-state index contributed by atoms with van der Waals surface area (Å²) in [7, 11) is 0. The second-order valence-electron chi connectivity index (χ2n) is 4.39. The number of rotatable bonds is 3. The first kappa shape index (κ1) is 11.7. The number of aliphatic carboxylic acids is 1. The van der Waals surface area contributed by atoms with E-state index in [9.17, 15) is 14.7 Å². The third kappa shape index (κ3) is 1.92. The molecule has 1 aliphatic rings. The van der Waals surface area contributed by atoms with Crippen molar-refractivity contribution in [3.05, 3.63) is 24.2 Å². The Hall–Kier alpha value is -1.78. The number of likely N-dealkylation sites (tertiary alicyclic amines) is 1. The fourth-order valence-corrected chi connectivity index (χ4v) is 2.22. The van der Waals surface area contributed by atoms with Gasteiger partial charge >= 0.3 is 5.97 Å². The van der Waals surface area contributed by atoms with Crippen LogP contribution < -0.4 is 0 Å². The average molecular weight is 237 g/mol. The van der Waals surface area contributed by atoms with Crippen LogP contribution in [-0.4, -0.2) is 35.0 Å². The van der Waals surface area contributed by atoms with Crippen LogP contribution in [0.15, 0.2) is 22.8 Å². The van der Waals surface area contributed by atoms with Gasteiger partial charge < -0.3 is 14.4 Å². The minimum atomic E-state index is -0.824. The maximum Gasteiger partial charge on any atom is 0.311 e. The summed E-state index contributed by atoms with van der Waals surface area (Å²) < 4.78 is 5.03. The van der Waals surface area contributed by atoms with Crippen LogP contribution in [0.2, 0.25) is 0 Å². The molecule has 5 nitrogen and oxygen atoms in total. The van der Waals surface area contributed by atoms with Crippen LogP contribution in [0.1, 0.15) is 30.3 Å². The van der Waals surface area contributed by atoms with Crippen LogP contribution in [0.25, 0.3) is 0 Å². The number of carboxylic acids is 1. The van der Waals surface area contributed by atoms with Gasteiger partial charge in [-0.15, -0.1) is 0 Å². The zero-order valence-corrected chi connectivity index (χ0v) is 9.68. The van der Waals surface area contributed by atoms with Crippen LogP contribution >= 0.6 is 0 Å². The molecule has 0 aliphatic carbocycles. The summed E-state index contributed by atoms with van der Waals surface area (Å²) in [4.78, 5) is 24.8. The van der Waals surface area contributed by atoms with Gasteiger partial charge in [0.2, 0.25) is 0 Å². The maximum absolute atomic E-state index is 12.0. The Kier molecular flexibility index (Phi) is 2.92. The first-order valence-corrected chi connectivity index (χ1v) is 5.65. The second-order valence-corrected chi connectivity index (χ2v) is 4.39. The van der Waals surface area contributed by atoms with Crippen molar-refractivity contribution in [3.63, 3.8) is 0 Å². The van der Waals surface area contributed by atoms with Crippen LogP contribution in [0.3, 0.4) is 0 Å². The average Bonchev–Trinajstić information content (AvgIpc) is 2.98. The molecule has 1 fully saturated rings. The van der Waals surface area contributed by atoms with Gasteiger partial charge in [-0.3, -0.25) is 9.59 Å². The van der Waals surface area contributed by atoms with Crippen LogP contribution in [0.4, 0.5) is 0 Å². The lowest BCUT2D eigenvalue weighted by Crippen LogP contribution is -2.36. The fraction of sp³-hybridized carbons (Fsp3) is 0.500. The first-order valence-electron chi connectivity index (χ1n) is 5.65. The summed E-state index contributed by atoms with van der Waals surface area (Å²) in [5, 5.41) is 9.23. The first-order chi connectivity index (χ1) is 8.09. The Balaban J connectivity index is 2.12. The van der Waals surface area contributed by atoms with Crippen molar-refractivity contribution in [1.82, 2.24) is 4.90 Å². The minimum Gasteiger partial charge on any atom is -0.481 e. The third-order valence-corrected chi connectivity index (χ3v) is 3.50. The SMILES string of the molecule is CCC1(C(=O)O)CCN(C(=O)c2ccco2)C1. The molecule has 1 unspecified atom stereocenters. The zero-order valence-electron chi connectivity index (χ0n) is 9.68. The standard InChI is InChI=1S/C12H15NO4/c1-2-12(11(15)16)5-6-13(8-12)10(14)9-4-3-7-17-9/h3-4,7H,2,5-6,8H2,1H3,(H,15,16). The number of hydrogen-bond acceptors (Lipinski definition) is 3. The van der Waals surface area contributed by atoms with Crippen molar-refractivity contribution in [3.8, 4) is 0 Å². The summed E-state index contributed by atoms with van der Waals surface area (Å²) >= 11 is 0. The number of carboxylic acid groups (broad SMARTS) is 1. The Labute approximate surface area is 99.0 Å². The highest BCUT2D eigenvalue weighted by atomic mass is 16.4. The molecule has 1 aromatic heterocycles. The molecular formula is C12H15NO4. The molecule has 0 saturated carbocycles. The molecule has 5 heteroatoms. The zero-order chi connectivity index (χ0) is 12.5. The Morgan fingerprint density at radius 1 is 1.59 bits per heavy atom. The molecule has 92 valence electrons. The number of carbonyl (C=O) groups is 2. The van der Waals surface area contributed by atoms with Crippen molar-refractivity contribution in [1.29, 1.82) is 0 Å². The van der Waals surface area contributed by atoms with Gasteiger partial charge in [0.25, 0.3) is 5.91 Å². The summed E-state index contributed by atoms with van der Waals surface area (Å²) in [6.07, 6.45) is 2.48. The van der Waals surface area contributed by atoms with Gasteiger partial charge in [0.1, 0.15) is 0 Å². The lowest BCUT2D eigenvalue weighted by atomic mass is 9.84. The number of hydrogen-bond donors (Lipinski definition) is 1. The van der Waals surface area contributed by atoms with Gasteiger partial charge in [0.15, 0.2) is 5.76 Å². The molecule has 1 aromatic rings. The highest BCUT2D eigenvalue weighted by molar-refractivity contribution is 5.92. The van der Waals surface area contributed by atoms with E-state index in [-0.39, 0.29) is 18.2 Å². The normalized spacial score (nSPS) is 23.9. The van der Waals surface area contributed by atoms with Crippen molar-refractivity contribution in [2.24, 2.45) is 5.41 Å². The van der Waals surface area contributed by atoms with Gasteiger partial charge in [-0.05, 0) is 25.0 Å². The number of carbonyl (C=O) groups excluding carboxylic acids is 1.